The number of anilines is 1. The molecule has 3 aromatic carbocycles. The summed E-state index contributed by atoms with van der Waals surface area (Å²) >= 11 is 0. The van der Waals surface area contributed by atoms with Gasteiger partial charge in [-0.1, -0.05) is 30.3 Å². The van der Waals surface area contributed by atoms with Crippen molar-refractivity contribution < 1.29 is 27.4 Å². The second kappa shape index (κ2) is 8.74. The van der Waals surface area contributed by atoms with Crippen molar-refractivity contribution in [2.45, 2.75) is 11.5 Å². The Bertz CT molecular complexity index is 1070. The van der Waals surface area contributed by atoms with Crippen molar-refractivity contribution >= 4 is 21.7 Å². The zero-order chi connectivity index (χ0) is 20.9. The maximum atomic E-state index is 13.1. The molecule has 0 spiro atoms. The first kappa shape index (κ1) is 20.3. The molecule has 0 unspecified atom stereocenters. The minimum atomic E-state index is -4.19. The Hall–Kier alpha value is -3.39. The van der Waals surface area contributed by atoms with E-state index in [-0.39, 0.29) is 10.6 Å². The Morgan fingerprint density at radius 1 is 0.931 bits per heavy atom. The number of benzene rings is 3. The molecule has 1 N–H and O–H groups in total. The van der Waals surface area contributed by atoms with E-state index in [2.05, 4.69) is 0 Å². The van der Waals surface area contributed by atoms with E-state index in [0.29, 0.717) is 12.4 Å². The number of rotatable bonds is 8. The lowest BCUT2D eigenvalue weighted by Crippen LogP contribution is -2.35. The quantitative estimate of drug-likeness (QED) is 0.607. The summed E-state index contributed by atoms with van der Waals surface area (Å²) in [5.41, 5.74) is 1.13. The Morgan fingerprint density at radius 3 is 2.14 bits per heavy atom. The SMILES string of the molecule is O=C(O)CN(c1ccc(OCc2ccccc2)cc1)S(=O)(=O)c1ccc(F)cc1. The van der Waals surface area contributed by atoms with Crippen LogP contribution in [-0.2, 0) is 21.4 Å². The molecule has 29 heavy (non-hydrogen) atoms. The van der Waals surface area contributed by atoms with Crippen LogP contribution in [0.3, 0.4) is 0 Å². The Kier molecular flexibility index (Phi) is 6.13. The highest BCUT2D eigenvalue weighted by Gasteiger charge is 2.27. The van der Waals surface area contributed by atoms with Crippen molar-refractivity contribution in [2.75, 3.05) is 10.8 Å². The van der Waals surface area contributed by atoms with Crippen molar-refractivity contribution in [3.63, 3.8) is 0 Å². The number of halogens is 1. The molecule has 3 rings (SSSR count). The molecule has 3 aromatic rings. The molecule has 8 heteroatoms. The zero-order valence-electron chi connectivity index (χ0n) is 15.2. The van der Waals surface area contributed by atoms with Crippen LogP contribution in [0.25, 0.3) is 0 Å². The summed E-state index contributed by atoms with van der Waals surface area (Å²) in [6.45, 7) is -0.434. The molecule has 0 saturated heterocycles. The van der Waals surface area contributed by atoms with Crippen molar-refractivity contribution in [3.05, 3.63) is 90.2 Å². The summed E-state index contributed by atoms with van der Waals surface area (Å²) in [4.78, 5) is 11.0. The summed E-state index contributed by atoms with van der Waals surface area (Å²) < 4.78 is 45.3. The highest BCUT2D eigenvalue weighted by molar-refractivity contribution is 7.92. The van der Waals surface area contributed by atoms with Crippen LogP contribution in [-0.4, -0.2) is 26.0 Å². The molecule has 150 valence electrons. The normalized spacial score (nSPS) is 11.1. The van der Waals surface area contributed by atoms with Gasteiger partial charge >= 0.3 is 5.97 Å². The molecule has 0 radical (unpaired) electrons. The molecule has 0 amide bonds. The van der Waals surface area contributed by atoms with Gasteiger partial charge in [0, 0.05) is 0 Å². The lowest BCUT2D eigenvalue weighted by molar-refractivity contribution is -0.135. The first-order chi connectivity index (χ1) is 13.9. The van der Waals surface area contributed by atoms with E-state index >= 15 is 0 Å². The summed E-state index contributed by atoms with van der Waals surface area (Å²) in [5.74, 6) is -1.40. The van der Waals surface area contributed by atoms with E-state index in [1.165, 1.54) is 12.1 Å². The molecule has 0 aliphatic heterocycles. The van der Waals surface area contributed by atoms with Gasteiger partial charge in [-0.15, -0.1) is 0 Å². The number of sulfonamides is 1. The van der Waals surface area contributed by atoms with Gasteiger partial charge in [0.2, 0.25) is 0 Å². The number of ether oxygens (including phenoxy) is 1. The second-order valence-electron chi connectivity index (χ2n) is 6.13. The Morgan fingerprint density at radius 2 is 1.55 bits per heavy atom. The van der Waals surface area contributed by atoms with Gasteiger partial charge in [0.05, 0.1) is 10.6 Å². The number of aliphatic carboxylic acids is 1. The molecular weight excluding hydrogens is 397 g/mol. The van der Waals surface area contributed by atoms with Gasteiger partial charge in [-0.05, 0) is 54.1 Å². The van der Waals surface area contributed by atoms with Crippen LogP contribution in [0.15, 0.2) is 83.8 Å². The highest BCUT2D eigenvalue weighted by atomic mass is 32.2. The Labute approximate surface area is 167 Å². The lowest BCUT2D eigenvalue weighted by atomic mass is 10.2. The maximum Gasteiger partial charge on any atom is 0.324 e. The monoisotopic (exact) mass is 415 g/mol. The molecule has 0 fully saturated rings. The Balaban J connectivity index is 1.83. The van der Waals surface area contributed by atoms with Crippen molar-refractivity contribution in [1.29, 1.82) is 0 Å². The van der Waals surface area contributed by atoms with Crippen LogP contribution in [0.1, 0.15) is 5.56 Å². The number of nitrogens with zero attached hydrogens (tertiary/aromatic N) is 1. The minimum absolute atomic E-state index is 0.156. The number of carboxylic acids is 1. The number of hydrogen-bond acceptors (Lipinski definition) is 4. The number of carbonyl (C=O) groups is 1. The predicted octanol–water partition coefficient (Wildman–Crippen LogP) is 3.68. The minimum Gasteiger partial charge on any atom is -0.489 e. The third-order valence-electron chi connectivity index (χ3n) is 4.05. The summed E-state index contributed by atoms with van der Waals surface area (Å²) in [7, 11) is -4.19. The van der Waals surface area contributed by atoms with E-state index in [1.54, 1.807) is 12.1 Å². The van der Waals surface area contributed by atoms with Crippen LogP contribution in [0, 0.1) is 5.82 Å². The van der Waals surface area contributed by atoms with Crippen LogP contribution < -0.4 is 9.04 Å². The van der Waals surface area contributed by atoms with E-state index in [1.807, 2.05) is 30.3 Å². The summed E-state index contributed by atoms with van der Waals surface area (Å²) in [5, 5.41) is 9.17. The third-order valence-corrected chi connectivity index (χ3v) is 5.84. The van der Waals surface area contributed by atoms with Gasteiger partial charge in [-0.3, -0.25) is 9.10 Å². The smallest absolute Gasteiger partial charge is 0.324 e. The molecule has 0 aliphatic rings. The van der Waals surface area contributed by atoms with Crippen molar-refractivity contribution in [3.8, 4) is 5.75 Å². The average Bonchev–Trinajstić information content (AvgIpc) is 2.72. The molecule has 0 bridgehead atoms. The largest absolute Gasteiger partial charge is 0.489 e. The molecule has 0 heterocycles. The van der Waals surface area contributed by atoms with E-state index in [0.717, 1.165) is 34.1 Å². The predicted molar refractivity (Wildman–Crippen MR) is 106 cm³/mol. The summed E-state index contributed by atoms with van der Waals surface area (Å²) in [6, 6.07) is 19.8. The fourth-order valence-electron chi connectivity index (χ4n) is 2.62. The molecule has 0 aromatic heterocycles. The fraction of sp³-hybridized carbons (Fsp3) is 0.0952. The topological polar surface area (TPSA) is 83.9 Å². The first-order valence-corrected chi connectivity index (χ1v) is 10.1. The molecule has 0 atom stereocenters. The van der Waals surface area contributed by atoms with E-state index in [4.69, 9.17) is 4.74 Å². The number of hydrogen-bond donors (Lipinski definition) is 1. The fourth-order valence-corrected chi connectivity index (χ4v) is 4.04. The highest BCUT2D eigenvalue weighted by Crippen LogP contribution is 2.26. The van der Waals surface area contributed by atoms with Gasteiger partial charge in [0.1, 0.15) is 24.7 Å². The second-order valence-corrected chi connectivity index (χ2v) is 7.99. The lowest BCUT2D eigenvalue weighted by Gasteiger charge is -2.23. The van der Waals surface area contributed by atoms with Crippen molar-refractivity contribution in [2.24, 2.45) is 0 Å². The summed E-state index contributed by atoms with van der Waals surface area (Å²) in [6.07, 6.45) is 0. The van der Waals surface area contributed by atoms with Gasteiger partial charge in [0.15, 0.2) is 0 Å². The standard InChI is InChI=1S/C21H18FNO5S/c22-17-6-12-20(13-7-17)29(26,27)23(14-21(24)25)18-8-10-19(11-9-18)28-15-16-4-2-1-3-5-16/h1-13H,14-15H2,(H,24,25). The van der Waals surface area contributed by atoms with Gasteiger partial charge in [-0.25, -0.2) is 12.8 Å². The van der Waals surface area contributed by atoms with Crippen LogP contribution in [0.2, 0.25) is 0 Å². The van der Waals surface area contributed by atoms with Crippen LogP contribution in [0.5, 0.6) is 5.75 Å². The van der Waals surface area contributed by atoms with Crippen LogP contribution >= 0.6 is 0 Å². The van der Waals surface area contributed by atoms with Crippen LogP contribution in [0.4, 0.5) is 10.1 Å². The maximum absolute atomic E-state index is 13.1. The zero-order valence-corrected chi connectivity index (χ0v) is 16.0. The molecular formula is C21H18FNO5S. The number of carboxylic acid groups (broad SMARTS) is 1. The van der Waals surface area contributed by atoms with Crippen molar-refractivity contribution in [1.82, 2.24) is 0 Å². The van der Waals surface area contributed by atoms with E-state index in [9.17, 15) is 22.7 Å². The van der Waals surface area contributed by atoms with E-state index < -0.39 is 28.4 Å². The molecule has 6 nitrogen and oxygen atoms in total. The third kappa shape index (κ3) is 5.11. The molecule has 0 saturated carbocycles. The van der Waals surface area contributed by atoms with Gasteiger partial charge in [-0.2, -0.15) is 0 Å². The van der Waals surface area contributed by atoms with Gasteiger partial charge < -0.3 is 9.84 Å². The molecule has 0 aliphatic carbocycles. The first-order valence-electron chi connectivity index (χ1n) is 8.63. The average molecular weight is 415 g/mol. The van der Waals surface area contributed by atoms with Gasteiger partial charge in [0.25, 0.3) is 10.0 Å².